The average molecular weight is 377 g/mol. The average Bonchev–Trinajstić information content (AvgIpc) is 2.38. The molecule has 3 N–H and O–H groups in total. The number of rotatable bonds is 3. The fourth-order valence-electron chi connectivity index (χ4n) is 1.66. The van der Waals surface area contributed by atoms with Gasteiger partial charge in [-0.2, -0.15) is 0 Å². The number of para-hydroxylation sites is 1. The zero-order chi connectivity index (χ0) is 15.8. The van der Waals surface area contributed by atoms with Crippen molar-refractivity contribution in [1.82, 2.24) is 0 Å². The topological polar surface area (TPSA) is 72.2 Å². The van der Waals surface area contributed by atoms with Crippen LogP contribution in [-0.4, -0.2) is 8.42 Å². The molecule has 4 nitrogen and oxygen atoms in total. The molecule has 0 amide bonds. The maximum atomic E-state index is 13.8. The first-order valence-electron chi connectivity index (χ1n) is 5.75. The predicted molar refractivity (Wildman–Crippen MR) is 80.5 cm³/mol. The molecule has 21 heavy (non-hydrogen) atoms. The fourth-order valence-corrected chi connectivity index (χ4v) is 3.42. The summed E-state index contributed by atoms with van der Waals surface area (Å²) in [6.07, 6.45) is 0. The molecule has 0 atom stereocenters. The van der Waals surface area contributed by atoms with Crippen LogP contribution in [0.4, 0.5) is 20.2 Å². The number of nitrogens with one attached hydrogen (secondary N) is 1. The Bertz CT molecular complexity index is 790. The van der Waals surface area contributed by atoms with Crippen LogP contribution in [0.15, 0.2) is 39.7 Å². The molecule has 0 radical (unpaired) electrons. The van der Waals surface area contributed by atoms with Crippen molar-refractivity contribution in [2.24, 2.45) is 0 Å². The monoisotopic (exact) mass is 376 g/mol. The summed E-state index contributed by atoms with van der Waals surface area (Å²) in [5, 5.41) is 0. The summed E-state index contributed by atoms with van der Waals surface area (Å²) in [7, 11) is -4.30. The third-order valence-corrected chi connectivity index (χ3v) is 4.83. The smallest absolute Gasteiger partial charge is 0.265 e. The van der Waals surface area contributed by atoms with Gasteiger partial charge in [-0.25, -0.2) is 17.2 Å². The van der Waals surface area contributed by atoms with Gasteiger partial charge in [0.25, 0.3) is 10.0 Å². The maximum Gasteiger partial charge on any atom is 0.265 e. The van der Waals surface area contributed by atoms with E-state index in [2.05, 4.69) is 15.9 Å². The highest BCUT2D eigenvalue weighted by Gasteiger charge is 2.22. The number of aryl methyl sites for hydroxylation is 1. The molecular formula is C13H11BrF2N2O2S. The van der Waals surface area contributed by atoms with E-state index in [4.69, 9.17) is 5.73 Å². The quantitative estimate of drug-likeness (QED) is 0.806. The van der Waals surface area contributed by atoms with Crippen molar-refractivity contribution in [1.29, 1.82) is 0 Å². The van der Waals surface area contributed by atoms with Crippen LogP contribution in [0.2, 0.25) is 0 Å². The molecule has 0 aliphatic rings. The van der Waals surface area contributed by atoms with Gasteiger partial charge in [-0.1, -0.05) is 6.07 Å². The van der Waals surface area contributed by atoms with E-state index in [0.29, 0.717) is 5.56 Å². The number of halogens is 3. The standard InChI is InChI=1S/C13H11BrF2N2O2S/c1-7-5-10(16)12(6-11(7)17)21(19,20)18-13-8(14)3-2-4-9(13)15/h2-6,18H,17H2,1H3. The van der Waals surface area contributed by atoms with Gasteiger partial charge in [0.2, 0.25) is 0 Å². The summed E-state index contributed by atoms with van der Waals surface area (Å²) >= 11 is 3.03. The largest absolute Gasteiger partial charge is 0.398 e. The zero-order valence-electron chi connectivity index (χ0n) is 10.8. The molecule has 0 saturated heterocycles. The molecule has 0 unspecified atom stereocenters. The lowest BCUT2D eigenvalue weighted by molar-refractivity contribution is 0.569. The molecule has 0 spiro atoms. The van der Waals surface area contributed by atoms with E-state index in [1.54, 1.807) is 6.92 Å². The highest BCUT2D eigenvalue weighted by atomic mass is 79.9. The Morgan fingerprint density at radius 3 is 2.48 bits per heavy atom. The third-order valence-electron chi connectivity index (χ3n) is 2.81. The number of anilines is 2. The third kappa shape index (κ3) is 3.16. The van der Waals surface area contributed by atoms with Gasteiger partial charge in [0, 0.05) is 10.2 Å². The number of hydrogen-bond acceptors (Lipinski definition) is 3. The van der Waals surface area contributed by atoms with E-state index >= 15 is 0 Å². The summed E-state index contributed by atoms with van der Waals surface area (Å²) in [5.74, 6) is -1.74. The molecule has 0 fully saturated rings. The fraction of sp³-hybridized carbons (Fsp3) is 0.0769. The first-order valence-corrected chi connectivity index (χ1v) is 8.02. The molecule has 0 aliphatic carbocycles. The number of benzene rings is 2. The van der Waals surface area contributed by atoms with Crippen molar-refractivity contribution in [3.63, 3.8) is 0 Å². The molecule has 112 valence electrons. The molecule has 0 aromatic heterocycles. The van der Waals surface area contributed by atoms with Gasteiger partial charge in [-0.05, 0) is 52.7 Å². The first-order chi connectivity index (χ1) is 9.72. The highest BCUT2D eigenvalue weighted by Crippen LogP contribution is 2.29. The number of nitrogens with two attached hydrogens (primary N) is 1. The van der Waals surface area contributed by atoms with E-state index in [0.717, 1.165) is 18.2 Å². The lowest BCUT2D eigenvalue weighted by Crippen LogP contribution is -2.16. The van der Waals surface area contributed by atoms with Crippen molar-refractivity contribution < 1.29 is 17.2 Å². The Balaban J connectivity index is 2.51. The normalized spacial score (nSPS) is 11.4. The van der Waals surface area contributed by atoms with Crippen LogP contribution in [-0.2, 0) is 10.0 Å². The molecule has 2 rings (SSSR count). The van der Waals surface area contributed by atoms with Crippen LogP contribution in [0.25, 0.3) is 0 Å². The minimum atomic E-state index is -4.30. The van der Waals surface area contributed by atoms with Crippen LogP contribution in [0.5, 0.6) is 0 Å². The van der Waals surface area contributed by atoms with Gasteiger partial charge in [0.05, 0.1) is 5.69 Å². The highest BCUT2D eigenvalue weighted by molar-refractivity contribution is 9.10. The molecule has 0 saturated carbocycles. The van der Waals surface area contributed by atoms with Crippen molar-refractivity contribution in [3.05, 3.63) is 52.0 Å². The van der Waals surface area contributed by atoms with Gasteiger partial charge < -0.3 is 5.73 Å². The number of hydrogen-bond donors (Lipinski definition) is 2. The molecule has 8 heteroatoms. The zero-order valence-corrected chi connectivity index (χ0v) is 13.2. The second kappa shape index (κ2) is 5.61. The first kappa shape index (κ1) is 15.7. The summed E-state index contributed by atoms with van der Waals surface area (Å²) < 4.78 is 54.1. The predicted octanol–water partition coefficient (Wildman–Crippen LogP) is 3.42. The Labute approximate surface area is 129 Å². The molecule has 0 bridgehead atoms. The molecule has 2 aromatic carbocycles. The van der Waals surface area contributed by atoms with Crippen LogP contribution in [0.1, 0.15) is 5.56 Å². The molecule has 2 aromatic rings. The van der Waals surface area contributed by atoms with Crippen LogP contribution in [0.3, 0.4) is 0 Å². The summed E-state index contributed by atoms with van der Waals surface area (Å²) in [4.78, 5) is -0.638. The van der Waals surface area contributed by atoms with Crippen LogP contribution in [0, 0.1) is 18.6 Å². The van der Waals surface area contributed by atoms with Gasteiger partial charge >= 0.3 is 0 Å². The Kier molecular flexibility index (Phi) is 4.20. The SMILES string of the molecule is Cc1cc(F)c(S(=O)(=O)Nc2c(F)cccc2Br)cc1N. The van der Waals surface area contributed by atoms with Gasteiger partial charge in [-0.3, -0.25) is 4.72 Å². The van der Waals surface area contributed by atoms with E-state index in [9.17, 15) is 17.2 Å². The van der Waals surface area contributed by atoms with Crippen LogP contribution < -0.4 is 10.5 Å². The van der Waals surface area contributed by atoms with E-state index in [1.165, 1.54) is 12.1 Å². The lowest BCUT2D eigenvalue weighted by Gasteiger charge is -2.12. The van der Waals surface area contributed by atoms with E-state index in [1.807, 2.05) is 4.72 Å². The van der Waals surface area contributed by atoms with Gasteiger partial charge in [0.15, 0.2) is 0 Å². The van der Waals surface area contributed by atoms with Crippen LogP contribution >= 0.6 is 15.9 Å². The minimum Gasteiger partial charge on any atom is -0.398 e. The van der Waals surface area contributed by atoms with Gasteiger partial charge in [-0.15, -0.1) is 0 Å². The summed E-state index contributed by atoms with van der Waals surface area (Å²) in [6.45, 7) is 1.55. The minimum absolute atomic E-state index is 0.129. The second-order valence-corrected chi connectivity index (χ2v) is 6.85. The second-order valence-electron chi connectivity index (χ2n) is 4.34. The molecule has 0 heterocycles. The number of nitrogen functional groups attached to an aromatic ring is 1. The Morgan fingerprint density at radius 1 is 1.19 bits per heavy atom. The van der Waals surface area contributed by atoms with Crippen molar-refractivity contribution in [2.75, 3.05) is 10.5 Å². The summed E-state index contributed by atoms with van der Waals surface area (Å²) in [5.41, 5.74) is 5.85. The van der Waals surface area contributed by atoms with E-state index in [-0.39, 0.29) is 15.8 Å². The van der Waals surface area contributed by atoms with Crippen molar-refractivity contribution >= 4 is 37.3 Å². The number of sulfonamides is 1. The Morgan fingerprint density at radius 2 is 1.86 bits per heavy atom. The lowest BCUT2D eigenvalue weighted by atomic mass is 10.2. The maximum absolute atomic E-state index is 13.8. The van der Waals surface area contributed by atoms with Crippen molar-refractivity contribution in [3.8, 4) is 0 Å². The van der Waals surface area contributed by atoms with E-state index < -0.39 is 26.6 Å². The molecular weight excluding hydrogens is 366 g/mol. The summed E-state index contributed by atoms with van der Waals surface area (Å²) in [6, 6.07) is 5.97. The molecule has 0 aliphatic heterocycles. The van der Waals surface area contributed by atoms with Crippen molar-refractivity contribution in [2.45, 2.75) is 11.8 Å². The van der Waals surface area contributed by atoms with Gasteiger partial charge in [0.1, 0.15) is 16.5 Å². The Hall–Kier alpha value is -1.67.